The van der Waals surface area contributed by atoms with E-state index in [-0.39, 0.29) is 0 Å². The van der Waals surface area contributed by atoms with Crippen LogP contribution in [0.25, 0.3) is 0 Å². The maximum Gasteiger partial charge on any atom is 0.136 e. The lowest BCUT2D eigenvalue weighted by molar-refractivity contribution is 0.413. The highest BCUT2D eigenvalue weighted by Gasteiger charge is 2.09. The van der Waals surface area contributed by atoms with Crippen LogP contribution in [0.4, 0.5) is 0 Å². The minimum Gasteiger partial charge on any atom is -0.495 e. The molecule has 2 rings (SSSR count). The van der Waals surface area contributed by atoms with E-state index in [9.17, 15) is 4.21 Å². The van der Waals surface area contributed by atoms with Gasteiger partial charge in [-0.25, -0.2) is 0 Å². The van der Waals surface area contributed by atoms with Gasteiger partial charge < -0.3 is 4.74 Å². The molecule has 0 aliphatic heterocycles. The second kappa shape index (κ2) is 6.56. The highest BCUT2D eigenvalue weighted by Crippen LogP contribution is 2.22. The van der Waals surface area contributed by atoms with Crippen molar-refractivity contribution < 1.29 is 8.95 Å². The normalized spacial score (nSPS) is 11.7. The zero-order valence-corrected chi connectivity index (χ0v) is 12.4. The van der Waals surface area contributed by atoms with Gasteiger partial charge in [-0.2, -0.15) is 5.26 Å². The van der Waals surface area contributed by atoms with Crippen molar-refractivity contribution in [3.05, 3.63) is 58.6 Å². The van der Waals surface area contributed by atoms with Crippen LogP contribution in [0.15, 0.2) is 47.4 Å². The number of hydrogen-bond acceptors (Lipinski definition) is 3. The van der Waals surface area contributed by atoms with E-state index in [0.29, 0.717) is 27.0 Å². The van der Waals surface area contributed by atoms with E-state index in [0.717, 1.165) is 5.56 Å². The van der Waals surface area contributed by atoms with Crippen molar-refractivity contribution in [2.75, 3.05) is 7.11 Å². The van der Waals surface area contributed by atoms with Crippen LogP contribution in [0.3, 0.4) is 0 Å². The number of methoxy groups -OCH3 is 1. The Morgan fingerprint density at radius 2 is 2.10 bits per heavy atom. The largest absolute Gasteiger partial charge is 0.495 e. The van der Waals surface area contributed by atoms with Crippen LogP contribution < -0.4 is 4.74 Å². The van der Waals surface area contributed by atoms with E-state index in [2.05, 4.69) is 6.07 Å². The summed E-state index contributed by atoms with van der Waals surface area (Å²) >= 11 is 5.89. The van der Waals surface area contributed by atoms with Crippen LogP contribution >= 0.6 is 11.6 Å². The number of nitriles is 1. The second-order valence-electron chi connectivity index (χ2n) is 4.09. The molecule has 0 saturated carbocycles. The first-order valence-electron chi connectivity index (χ1n) is 5.85. The monoisotopic (exact) mass is 305 g/mol. The zero-order chi connectivity index (χ0) is 14.5. The topological polar surface area (TPSA) is 50.1 Å². The van der Waals surface area contributed by atoms with Crippen LogP contribution in [0.1, 0.15) is 11.1 Å². The molecule has 0 N–H and O–H groups in total. The van der Waals surface area contributed by atoms with Crippen molar-refractivity contribution in [3.63, 3.8) is 0 Å². The summed E-state index contributed by atoms with van der Waals surface area (Å²) in [7, 11) is 0.316. The summed E-state index contributed by atoms with van der Waals surface area (Å²) in [4.78, 5) is 0.673. The van der Waals surface area contributed by atoms with Gasteiger partial charge in [0.1, 0.15) is 11.8 Å². The lowest BCUT2D eigenvalue weighted by atomic mass is 10.1. The van der Waals surface area contributed by atoms with Crippen LogP contribution in [0, 0.1) is 11.3 Å². The molecule has 5 heteroatoms. The molecule has 1 atom stereocenters. The third kappa shape index (κ3) is 3.38. The van der Waals surface area contributed by atoms with Crippen molar-refractivity contribution in [2.45, 2.75) is 10.6 Å². The molecule has 0 radical (unpaired) electrons. The van der Waals surface area contributed by atoms with Crippen molar-refractivity contribution in [3.8, 4) is 11.8 Å². The van der Waals surface area contributed by atoms with Gasteiger partial charge >= 0.3 is 0 Å². The fourth-order valence-electron chi connectivity index (χ4n) is 1.78. The average Bonchev–Trinajstić information content (AvgIpc) is 2.47. The van der Waals surface area contributed by atoms with Gasteiger partial charge in [-0.05, 0) is 35.9 Å². The van der Waals surface area contributed by atoms with Gasteiger partial charge in [-0.15, -0.1) is 0 Å². The summed E-state index contributed by atoms with van der Waals surface area (Å²) in [5, 5.41) is 9.60. The van der Waals surface area contributed by atoms with Gasteiger partial charge in [-0.3, -0.25) is 4.21 Å². The zero-order valence-electron chi connectivity index (χ0n) is 10.8. The first kappa shape index (κ1) is 14.6. The van der Waals surface area contributed by atoms with E-state index in [1.54, 1.807) is 36.4 Å². The Labute approximate surface area is 125 Å². The van der Waals surface area contributed by atoms with E-state index in [1.165, 1.54) is 7.11 Å². The SMILES string of the molecule is COc1ccc(CS(=O)c2cccc(Cl)c2)cc1C#N. The van der Waals surface area contributed by atoms with E-state index >= 15 is 0 Å². The molecule has 0 saturated heterocycles. The Morgan fingerprint density at radius 3 is 2.75 bits per heavy atom. The molecule has 20 heavy (non-hydrogen) atoms. The molecule has 1 unspecified atom stereocenters. The standard InChI is InChI=1S/C15H12ClNO2S/c1-19-15-6-5-11(7-12(15)9-17)10-20(18)14-4-2-3-13(16)8-14/h2-8H,10H2,1H3. The number of hydrogen-bond donors (Lipinski definition) is 0. The molecule has 0 aromatic heterocycles. The fourth-order valence-corrected chi connectivity index (χ4v) is 3.17. The summed E-state index contributed by atoms with van der Waals surface area (Å²) in [6, 6.07) is 14.2. The average molecular weight is 306 g/mol. The highest BCUT2D eigenvalue weighted by atomic mass is 35.5. The molecule has 0 aliphatic carbocycles. The summed E-state index contributed by atoms with van der Waals surface area (Å²) < 4.78 is 17.3. The third-order valence-corrected chi connectivity index (χ3v) is 4.35. The minimum absolute atomic E-state index is 0.332. The molecular formula is C15H12ClNO2S. The molecule has 2 aromatic rings. The summed E-state index contributed by atoms with van der Waals surface area (Å²) in [5.74, 6) is 0.851. The van der Waals surface area contributed by atoms with E-state index in [4.69, 9.17) is 21.6 Å². The lowest BCUT2D eigenvalue weighted by Crippen LogP contribution is -1.98. The summed E-state index contributed by atoms with van der Waals surface area (Å²) in [6.07, 6.45) is 0. The Kier molecular flexibility index (Phi) is 4.78. The van der Waals surface area contributed by atoms with Gasteiger partial charge in [0, 0.05) is 9.92 Å². The smallest absolute Gasteiger partial charge is 0.136 e. The molecule has 0 aliphatic rings. The number of nitrogens with zero attached hydrogens (tertiary/aromatic N) is 1. The van der Waals surface area contributed by atoms with Gasteiger partial charge in [0.2, 0.25) is 0 Å². The predicted molar refractivity (Wildman–Crippen MR) is 79.3 cm³/mol. The lowest BCUT2D eigenvalue weighted by Gasteiger charge is -2.06. The number of halogens is 1. The summed E-state index contributed by atoms with van der Waals surface area (Å²) in [5.41, 5.74) is 1.26. The fraction of sp³-hybridized carbons (Fsp3) is 0.133. The number of benzene rings is 2. The quantitative estimate of drug-likeness (QED) is 0.868. The second-order valence-corrected chi connectivity index (χ2v) is 5.98. The van der Waals surface area contributed by atoms with E-state index < -0.39 is 10.8 Å². The molecule has 0 bridgehead atoms. The molecule has 3 nitrogen and oxygen atoms in total. The Hall–Kier alpha value is -1.83. The van der Waals surface area contributed by atoms with Crippen LogP contribution in [-0.2, 0) is 16.6 Å². The minimum atomic E-state index is -1.20. The Bertz CT molecular complexity index is 695. The predicted octanol–water partition coefficient (Wildman–Crippen LogP) is 3.53. The van der Waals surface area contributed by atoms with E-state index in [1.807, 2.05) is 6.07 Å². The first-order valence-corrected chi connectivity index (χ1v) is 7.54. The van der Waals surface area contributed by atoms with Gasteiger partial charge in [-0.1, -0.05) is 23.7 Å². The first-order chi connectivity index (χ1) is 9.63. The van der Waals surface area contributed by atoms with Crippen molar-refractivity contribution in [2.24, 2.45) is 0 Å². The maximum atomic E-state index is 12.3. The van der Waals surface area contributed by atoms with Gasteiger partial charge in [0.25, 0.3) is 0 Å². The maximum absolute atomic E-state index is 12.3. The van der Waals surface area contributed by atoms with Crippen LogP contribution in [0.5, 0.6) is 5.75 Å². The van der Waals surface area contributed by atoms with Gasteiger partial charge in [0.15, 0.2) is 0 Å². The highest BCUT2D eigenvalue weighted by molar-refractivity contribution is 7.84. The Balaban J connectivity index is 2.22. The molecule has 0 heterocycles. The molecular weight excluding hydrogens is 294 g/mol. The summed E-state index contributed by atoms with van der Waals surface area (Å²) in [6.45, 7) is 0. The number of rotatable bonds is 4. The number of ether oxygens (including phenoxy) is 1. The Morgan fingerprint density at radius 1 is 1.30 bits per heavy atom. The third-order valence-electron chi connectivity index (χ3n) is 2.74. The van der Waals surface area contributed by atoms with Crippen LogP contribution in [0.2, 0.25) is 5.02 Å². The van der Waals surface area contributed by atoms with Crippen LogP contribution in [-0.4, -0.2) is 11.3 Å². The van der Waals surface area contributed by atoms with Crippen molar-refractivity contribution >= 4 is 22.4 Å². The van der Waals surface area contributed by atoms with Crippen molar-refractivity contribution in [1.82, 2.24) is 0 Å². The molecule has 0 spiro atoms. The van der Waals surface area contributed by atoms with Crippen molar-refractivity contribution in [1.29, 1.82) is 5.26 Å². The molecule has 0 amide bonds. The molecule has 2 aromatic carbocycles. The van der Waals surface area contributed by atoms with Gasteiger partial charge in [0.05, 0.1) is 29.2 Å². The molecule has 102 valence electrons. The molecule has 0 fully saturated rings.